The molecule has 8 heteroatoms. The Morgan fingerprint density at radius 1 is 1.10 bits per heavy atom. The average molecular weight is 450 g/mol. The molecule has 6 nitrogen and oxygen atoms in total. The van der Waals surface area contributed by atoms with E-state index in [9.17, 15) is 10.1 Å². The van der Waals surface area contributed by atoms with Crippen LogP contribution in [0.3, 0.4) is 0 Å². The zero-order valence-electron chi connectivity index (χ0n) is 17.0. The number of carbonyl (C=O) groups excluding carboxylic acids is 1. The minimum absolute atomic E-state index is 0.194. The first-order valence-corrected chi connectivity index (χ1v) is 10.2. The van der Waals surface area contributed by atoms with Crippen molar-refractivity contribution in [3.63, 3.8) is 0 Å². The van der Waals surface area contributed by atoms with E-state index in [-0.39, 0.29) is 22.0 Å². The molecule has 0 atom stereocenters. The summed E-state index contributed by atoms with van der Waals surface area (Å²) in [5, 5.41) is 18.2. The average Bonchev–Trinajstić information content (AvgIpc) is 3.12. The van der Waals surface area contributed by atoms with Gasteiger partial charge >= 0.3 is 0 Å². The van der Waals surface area contributed by atoms with Crippen molar-refractivity contribution >= 4 is 45.8 Å². The third-order valence-corrected chi connectivity index (χ3v) is 5.52. The summed E-state index contributed by atoms with van der Waals surface area (Å²) in [6, 6.07) is 12.7. The molecule has 154 valence electrons. The van der Waals surface area contributed by atoms with Crippen LogP contribution < -0.4 is 5.32 Å². The lowest BCUT2D eigenvalue weighted by atomic mass is 10.0. The van der Waals surface area contributed by atoms with E-state index in [1.165, 1.54) is 16.9 Å². The highest BCUT2D eigenvalue weighted by atomic mass is 35.5. The highest BCUT2D eigenvalue weighted by Crippen LogP contribution is 2.27. The number of rotatable bonds is 3. The molecule has 2 aromatic heterocycles. The van der Waals surface area contributed by atoms with Gasteiger partial charge in [0.25, 0.3) is 5.91 Å². The highest BCUT2D eigenvalue weighted by Gasteiger charge is 2.19. The Bertz CT molecular complexity index is 1400. The van der Waals surface area contributed by atoms with Gasteiger partial charge < -0.3 is 5.32 Å². The van der Waals surface area contributed by atoms with Crippen molar-refractivity contribution in [2.75, 3.05) is 5.32 Å². The lowest BCUT2D eigenvalue weighted by Crippen LogP contribution is -2.17. The van der Waals surface area contributed by atoms with Crippen LogP contribution in [0.4, 0.5) is 5.82 Å². The number of aromatic nitrogens is 3. The van der Waals surface area contributed by atoms with Crippen molar-refractivity contribution in [2.45, 2.75) is 20.8 Å². The summed E-state index contributed by atoms with van der Waals surface area (Å²) in [6.45, 7) is 6.03. The molecule has 0 radical (unpaired) electrons. The van der Waals surface area contributed by atoms with Gasteiger partial charge in [-0.05, 0) is 62.2 Å². The van der Waals surface area contributed by atoms with E-state index < -0.39 is 5.91 Å². The number of nitrogens with one attached hydrogen (secondary N) is 1. The van der Waals surface area contributed by atoms with Crippen molar-refractivity contribution < 1.29 is 4.79 Å². The molecule has 4 rings (SSSR count). The van der Waals surface area contributed by atoms with Crippen molar-refractivity contribution in [1.29, 1.82) is 5.26 Å². The minimum Gasteiger partial charge on any atom is -0.305 e. The van der Waals surface area contributed by atoms with Gasteiger partial charge in [0.15, 0.2) is 11.6 Å². The minimum atomic E-state index is -0.505. The summed E-state index contributed by atoms with van der Waals surface area (Å²) in [4.78, 5) is 17.6. The maximum Gasteiger partial charge on any atom is 0.258 e. The molecular weight excluding hydrogens is 433 g/mol. The number of benzene rings is 2. The number of amides is 1. The lowest BCUT2D eigenvalue weighted by Gasteiger charge is -2.13. The van der Waals surface area contributed by atoms with Crippen LogP contribution in [0.25, 0.3) is 16.7 Å². The maximum atomic E-state index is 12.9. The first kappa shape index (κ1) is 20.9. The number of fused-ring (bicyclic) bond motifs is 1. The van der Waals surface area contributed by atoms with Crippen LogP contribution in [0, 0.1) is 32.1 Å². The smallest absolute Gasteiger partial charge is 0.258 e. The van der Waals surface area contributed by atoms with Crippen molar-refractivity contribution in [3.8, 4) is 11.9 Å². The Morgan fingerprint density at radius 3 is 2.61 bits per heavy atom. The third kappa shape index (κ3) is 3.86. The molecule has 0 aliphatic heterocycles. The zero-order chi connectivity index (χ0) is 22.3. The number of carbonyl (C=O) groups is 1. The summed E-state index contributed by atoms with van der Waals surface area (Å²) in [5.74, 6) is 0.195. The van der Waals surface area contributed by atoms with Gasteiger partial charge in [-0.15, -0.1) is 0 Å². The first-order chi connectivity index (χ1) is 14.8. The number of pyridine rings is 1. The second-order valence-electron chi connectivity index (χ2n) is 7.28. The first-order valence-electron chi connectivity index (χ1n) is 9.42. The van der Waals surface area contributed by atoms with Gasteiger partial charge in [0.1, 0.15) is 11.6 Å². The predicted octanol–water partition coefficient (Wildman–Crippen LogP) is 5.78. The fraction of sp³-hybridized carbons (Fsp3) is 0.130. The van der Waals surface area contributed by atoms with Gasteiger partial charge in [-0.25, -0.2) is 4.98 Å². The van der Waals surface area contributed by atoms with Crippen LogP contribution in [0.2, 0.25) is 10.0 Å². The zero-order valence-corrected chi connectivity index (χ0v) is 18.5. The number of anilines is 1. The molecule has 31 heavy (non-hydrogen) atoms. The van der Waals surface area contributed by atoms with E-state index >= 15 is 0 Å². The number of nitrogens with zero attached hydrogens (tertiary/aromatic N) is 4. The summed E-state index contributed by atoms with van der Waals surface area (Å²) in [6.07, 6.45) is 1.39. The van der Waals surface area contributed by atoms with Gasteiger partial charge in [-0.3, -0.25) is 4.79 Å². The van der Waals surface area contributed by atoms with Crippen LogP contribution >= 0.6 is 23.2 Å². The molecule has 2 heterocycles. The Hall–Kier alpha value is -3.40. The Balaban J connectivity index is 1.83. The molecular formula is C23H17Cl2N5O. The van der Waals surface area contributed by atoms with E-state index in [2.05, 4.69) is 28.6 Å². The van der Waals surface area contributed by atoms with Crippen LogP contribution in [0.1, 0.15) is 32.6 Å². The van der Waals surface area contributed by atoms with E-state index in [1.807, 2.05) is 26.8 Å². The van der Waals surface area contributed by atoms with E-state index in [0.717, 1.165) is 27.6 Å². The van der Waals surface area contributed by atoms with Gasteiger partial charge in [0.05, 0.1) is 22.3 Å². The normalized spacial score (nSPS) is 10.8. The van der Waals surface area contributed by atoms with E-state index in [1.54, 1.807) is 12.1 Å². The maximum absolute atomic E-state index is 12.9. The highest BCUT2D eigenvalue weighted by molar-refractivity contribution is 6.36. The number of hydrogen-bond donors (Lipinski definition) is 1. The fourth-order valence-electron chi connectivity index (χ4n) is 3.51. The standard InChI is InChI=1S/C23H17Cl2N5O/c1-12-6-14(3)21-17(7-12)13(2)8-20(28-21)30-22(15(10-26)11-27-30)29-23(31)18-9-16(24)4-5-19(18)25/h4-9,11H,1-3H3,(H,29,31). The van der Waals surface area contributed by atoms with Crippen molar-refractivity contribution in [1.82, 2.24) is 14.8 Å². The topological polar surface area (TPSA) is 83.6 Å². The van der Waals surface area contributed by atoms with Crippen molar-refractivity contribution in [3.05, 3.63) is 80.5 Å². The molecule has 2 aromatic carbocycles. The number of aryl methyl sites for hydroxylation is 3. The van der Waals surface area contributed by atoms with Crippen LogP contribution in [-0.2, 0) is 0 Å². The summed E-state index contributed by atoms with van der Waals surface area (Å²) >= 11 is 12.2. The van der Waals surface area contributed by atoms with Crippen LogP contribution in [0.5, 0.6) is 0 Å². The molecule has 1 amide bonds. The van der Waals surface area contributed by atoms with Crippen molar-refractivity contribution in [2.24, 2.45) is 0 Å². The molecule has 4 aromatic rings. The third-order valence-electron chi connectivity index (χ3n) is 4.95. The predicted molar refractivity (Wildman–Crippen MR) is 122 cm³/mol. The fourth-order valence-corrected chi connectivity index (χ4v) is 3.88. The molecule has 0 aliphatic carbocycles. The Morgan fingerprint density at radius 2 is 1.87 bits per heavy atom. The molecule has 0 aliphatic rings. The van der Waals surface area contributed by atoms with Gasteiger partial charge in [-0.1, -0.05) is 34.8 Å². The number of halogens is 2. The van der Waals surface area contributed by atoms with Gasteiger partial charge in [-0.2, -0.15) is 15.0 Å². The quantitative estimate of drug-likeness (QED) is 0.429. The molecule has 0 saturated heterocycles. The molecule has 0 bridgehead atoms. The number of hydrogen-bond acceptors (Lipinski definition) is 4. The Kier molecular flexibility index (Phi) is 5.40. The lowest BCUT2D eigenvalue weighted by molar-refractivity contribution is 0.102. The van der Waals surface area contributed by atoms with Gasteiger partial charge in [0.2, 0.25) is 0 Å². The monoisotopic (exact) mass is 449 g/mol. The van der Waals surface area contributed by atoms with Gasteiger partial charge in [0, 0.05) is 10.4 Å². The molecule has 1 N–H and O–H groups in total. The molecule has 0 fully saturated rings. The number of nitriles is 1. The largest absolute Gasteiger partial charge is 0.305 e. The van der Waals surface area contributed by atoms with Crippen LogP contribution in [-0.4, -0.2) is 20.7 Å². The second-order valence-corrected chi connectivity index (χ2v) is 8.13. The summed E-state index contributed by atoms with van der Waals surface area (Å²) in [7, 11) is 0. The summed E-state index contributed by atoms with van der Waals surface area (Å²) in [5.41, 5.74) is 4.43. The van der Waals surface area contributed by atoms with Crippen LogP contribution in [0.15, 0.2) is 42.6 Å². The molecule has 0 unspecified atom stereocenters. The van der Waals surface area contributed by atoms with E-state index in [0.29, 0.717) is 10.8 Å². The van der Waals surface area contributed by atoms with E-state index in [4.69, 9.17) is 28.2 Å². The summed E-state index contributed by atoms with van der Waals surface area (Å²) < 4.78 is 1.45. The Labute approximate surface area is 189 Å². The second kappa shape index (κ2) is 8.03. The SMILES string of the molecule is Cc1cc(C)c2nc(-n3ncc(C#N)c3NC(=O)c3cc(Cl)ccc3Cl)cc(C)c2c1. The molecule has 0 spiro atoms. The molecule has 0 saturated carbocycles.